The Bertz CT molecular complexity index is 878. The fraction of sp³-hybridized carbons (Fsp3) is 0.682. The number of ether oxygens (including phenoxy) is 1. The molecule has 2 aliphatic rings. The Morgan fingerprint density at radius 1 is 1.31 bits per heavy atom. The molecule has 0 radical (unpaired) electrons. The number of aromatic nitrogens is 4. The third-order valence-electron chi connectivity index (χ3n) is 7.13. The van der Waals surface area contributed by atoms with E-state index < -0.39 is 0 Å². The van der Waals surface area contributed by atoms with Crippen LogP contribution < -0.4 is 0 Å². The third kappa shape index (κ3) is 3.50. The van der Waals surface area contributed by atoms with Crippen LogP contribution in [-0.2, 0) is 18.3 Å². The molecule has 0 N–H and O–H groups in total. The van der Waals surface area contributed by atoms with E-state index in [0.29, 0.717) is 0 Å². The van der Waals surface area contributed by atoms with Crippen LogP contribution >= 0.6 is 0 Å². The number of hydrogen-bond donors (Lipinski definition) is 0. The number of rotatable bonds is 6. The maximum atomic E-state index is 13.5. The van der Waals surface area contributed by atoms with Crippen molar-refractivity contribution >= 4 is 5.91 Å². The van der Waals surface area contributed by atoms with Crippen LogP contribution in [0, 0.1) is 19.3 Å². The number of methoxy groups -OCH3 is 1. The highest BCUT2D eigenvalue weighted by Gasteiger charge is 2.51. The first-order chi connectivity index (χ1) is 14.0. The summed E-state index contributed by atoms with van der Waals surface area (Å²) in [5, 5.41) is 8.53. The first kappa shape index (κ1) is 20.1. The topological polar surface area (TPSA) is 65.2 Å². The summed E-state index contributed by atoms with van der Waals surface area (Å²) in [5.74, 6) is 1.45. The summed E-state index contributed by atoms with van der Waals surface area (Å²) in [6, 6.07) is 2.06. The minimum Gasteiger partial charge on any atom is -0.385 e. The SMILES string of the molecule is COCCCn1c(C)cc(C(=O)N2CC(c3nncn3C)C3(CCCC3)C2)c1C. The van der Waals surface area contributed by atoms with Gasteiger partial charge in [0.05, 0.1) is 5.56 Å². The van der Waals surface area contributed by atoms with Crippen molar-refractivity contribution in [3.63, 3.8) is 0 Å². The summed E-state index contributed by atoms with van der Waals surface area (Å²) in [7, 11) is 3.74. The number of hydrogen-bond acceptors (Lipinski definition) is 4. The molecule has 1 spiro atoms. The second kappa shape index (κ2) is 7.94. The molecule has 29 heavy (non-hydrogen) atoms. The van der Waals surface area contributed by atoms with Crippen LogP contribution in [0.5, 0.6) is 0 Å². The highest BCUT2D eigenvalue weighted by atomic mass is 16.5. The van der Waals surface area contributed by atoms with Crippen LogP contribution in [0.3, 0.4) is 0 Å². The molecule has 0 aromatic carbocycles. The molecule has 1 atom stereocenters. The maximum Gasteiger partial charge on any atom is 0.255 e. The average molecular weight is 400 g/mol. The summed E-state index contributed by atoms with van der Waals surface area (Å²) < 4.78 is 9.46. The lowest BCUT2D eigenvalue weighted by Crippen LogP contribution is -2.31. The molecule has 1 amide bonds. The van der Waals surface area contributed by atoms with E-state index in [-0.39, 0.29) is 17.2 Å². The van der Waals surface area contributed by atoms with Gasteiger partial charge in [-0.15, -0.1) is 10.2 Å². The fourth-order valence-corrected chi connectivity index (χ4v) is 5.57. The molecular weight excluding hydrogens is 366 g/mol. The highest BCUT2D eigenvalue weighted by Crippen LogP contribution is 2.53. The minimum atomic E-state index is 0.153. The summed E-state index contributed by atoms with van der Waals surface area (Å²) in [6.07, 6.45) is 7.54. The molecule has 2 fully saturated rings. The van der Waals surface area contributed by atoms with Crippen molar-refractivity contribution in [3.05, 3.63) is 35.2 Å². The molecule has 1 aliphatic heterocycles. The molecule has 2 aromatic heterocycles. The summed E-state index contributed by atoms with van der Waals surface area (Å²) in [6.45, 7) is 7.32. The summed E-state index contributed by atoms with van der Waals surface area (Å²) in [5.41, 5.74) is 3.19. The quantitative estimate of drug-likeness (QED) is 0.700. The second-order valence-electron chi connectivity index (χ2n) is 8.89. The Labute approximate surface area is 173 Å². The smallest absolute Gasteiger partial charge is 0.255 e. The zero-order valence-corrected chi connectivity index (χ0v) is 18.1. The van der Waals surface area contributed by atoms with Crippen molar-refractivity contribution in [2.75, 3.05) is 26.8 Å². The number of aryl methyl sites for hydroxylation is 2. The Morgan fingerprint density at radius 3 is 2.72 bits per heavy atom. The lowest BCUT2D eigenvalue weighted by molar-refractivity contribution is 0.0772. The molecule has 2 aromatic rings. The van der Waals surface area contributed by atoms with E-state index in [1.54, 1.807) is 13.4 Å². The first-order valence-corrected chi connectivity index (χ1v) is 10.8. The van der Waals surface area contributed by atoms with Crippen LogP contribution in [0.1, 0.15) is 65.6 Å². The molecule has 7 heteroatoms. The summed E-state index contributed by atoms with van der Waals surface area (Å²) >= 11 is 0. The van der Waals surface area contributed by atoms with Crippen molar-refractivity contribution in [2.24, 2.45) is 12.5 Å². The highest BCUT2D eigenvalue weighted by molar-refractivity contribution is 5.96. The van der Waals surface area contributed by atoms with Crippen molar-refractivity contribution in [1.82, 2.24) is 24.2 Å². The molecule has 1 saturated heterocycles. The molecule has 1 unspecified atom stereocenters. The van der Waals surface area contributed by atoms with Gasteiger partial charge in [-0.3, -0.25) is 4.79 Å². The van der Waals surface area contributed by atoms with E-state index >= 15 is 0 Å². The van der Waals surface area contributed by atoms with Crippen LogP contribution in [-0.4, -0.2) is 56.9 Å². The van der Waals surface area contributed by atoms with Crippen LogP contribution in [0.2, 0.25) is 0 Å². The average Bonchev–Trinajstić information content (AvgIpc) is 3.47. The van der Waals surface area contributed by atoms with E-state index in [1.165, 1.54) is 25.7 Å². The van der Waals surface area contributed by atoms with Gasteiger partial charge >= 0.3 is 0 Å². The van der Waals surface area contributed by atoms with Crippen molar-refractivity contribution in [1.29, 1.82) is 0 Å². The number of nitrogens with zero attached hydrogens (tertiary/aromatic N) is 5. The van der Waals surface area contributed by atoms with Gasteiger partial charge in [0.1, 0.15) is 12.2 Å². The van der Waals surface area contributed by atoms with Gasteiger partial charge in [0, 0.05) is 57.7 Å². The monoisotopic (exact) mass is 399 g/mol. The lowest BCUT2D eigenvalue weighted by Gasteiger charge is -2.28. The van der Waals surface area contributed by atoms with E-state index in [1.807, 2.05) is 11.6 Å². The Balaban J connectivity index is 1.58. The van der Waals surface area contributed by atoms with Gasteiger partial charge in [0.15, 0.2) is 0 Å². The van der Waals surface area contributed by atoms with Crippen molar-refractivity contribution < 1.29 is 9.53 Å². The molecule has 4 rings (SSSR count). The van der Waals surface area contributed by atoms with Gasteiger partial charge in [-0.25, -0.2) is 0 Å². The molecule has 3 heterocycles. The number of likely N-dealkylation sites (tertiary alicyclic amines) is 1. The number of amides is 1. The van der Waals surface area contributed by atoms with Gasteiger partial charge in [-0.05, 0) is 44.6 Å². The Morgan fingerprint density at radius 2 is 2.07 bits per heavy atom. The van der Waals surface area contributed by atoms with E-state index in [2.05, 4.69) is 39.6 Å². The van der Waals surface area contributed by atoms with Gasteiger partial charge in [-0.2, -0.15) is 0 Å². The summed E-state index contributed by atoms with van der Waals surface area (Å²) in [4.78, 5) is 15.6. The first-order valence-electron chi connectivity index (χ1n) is 10.8. The molecule has 158 valence electrons. The second-order valence-corrected chi connectivity index (χ2v) is 8.89. The van der Waals surface area contributed by atoms with E-state index in [9.17, 15) is 4.79 Å². The van der Waals surface area contributed by atoms with Crippen LogP contribution in [0.15, 0.2) is 12.4 Å². The number of carbonyl (C=O) groups excluding carboxylic acids is 1. The van der Waals surface area contributed by atoms with E-state index in [0.717, 1.165) is 55.4 Å². The fourth-order valence-electron chi connectivity index (χ4n) is 5.57. The van der Waals surface area contributed by atoms with Crippen LogP contribution in [0.4, 0.5) is 0 Å². The predicted octanol–water partition coefficient (Wildman–Crippen LogP) is 3.07. The molecule has 1 saturated carbocycles. The van der Waals surface area contributed by atoms with Crippen molar-refractivity contribution in [3.8, 4) is 0 Å². The van der Waals surface area contributed by atoms with Gasteiger partial charge in [-0.1, -0.05) is 12.8 Å². The standard InChI is InChI=1S/C22H33N5O2/c1-16-12-18(17(2)27(16)10-7-11-29-4)21(28)26-13-19(20-24-23-15-25(20)3)22(14-26)8-5-6-9-22/h12,15,19H,5-11,13-14H2,1-4H3. The van der Waals surface area contributed by atoms with Gasteiger partial charge in [0.2, 0.25) is 0 Å². The molecule has 0 bridgehead atoms. The number of carbonyl (C=O) groups is 1. The van der Waals surface area contributed by atoms with Gasteiger partial charge < -0.3 is 18.8 Å². The Hall–Kier alpha value is -2.15. The molecule has 1 aliphatic carbocycles. The van der Waals surface area contributed by atoms with Gasteiger partial charge in [0.25, 0.3) is 5.91 Å². The predicted molar refractivity (Wildman–Crippen MR) is 111 cm³/mol. The minimum absolute atomic E-state index is 0.153. The van der Waals surface area contributed by atoms with E-state index in [4.69, 9.17) is 4.74 Å². The molecular formula is C22H33N5O2. The molecule has 7 nitrogen and oxygen atoms in total. The Kier molecular flexibility index (Phi) is 5.51. The lowest BCUT2D eigenvalue weighted by atomic mass is 9.76. The zero-order chi connectivity index (χ0) is 20.6. The van der Waals surface area contributed by atoms with Crippen LogP contribution in [0.25, 0.3) is 0 Å². The largest absolute Gasteiger partial charge is 0.385 e. The zero-order valence-electron chi connectivity index (χ0n) is 18.1. The third-order valence-corrected chi connectivity index (χ3v) is 7.13. The normalized spacial score (nSPS) is 20.8. The van der Waals surface area contributed by atoms with Crippen molar-refractivity contribution in [2.45, 2.75) is 58.4 Å². The maximum absolute atomic E-state index is 13.5.